The summed E-state index contributed by atoms with van der Waals surface area (Å²) >= 11 is 1.51. The van der Waals surface area contributed by atoms with Crippen LogP contribution in [0.1, 0.15) is 82.9 Å². The van der Waals surface area contributed by atoms with Crippen LogP contribution in [0, 0.1) is 6.92 Å². The van der Waals surface area contributed by atoms with E-state index in [1.807, 2.05) is 41.5 Å². The van der Waals surface area contributed by atoms with Crippen molar-refractivity contribution in [1.82, 2.24) is 24.6 Å². The summed E-state index contributed by atoms with van der Waals surface area (Å²) in [5.41, 5.74) is 5.05. The molecule has 6 rings (SSSR count). The smallest absolute Gasteiger partial charge is 0.274 e. The predicted octanol–water partition coefficient (Wildman–Crippen LogP) is 5.26. The first kappa shape index (κ1) is 37.2. The normalized spacial score (nSPS) is 15.7. The van der Waals surface area contributed by atoms with Crippen LogP contribution in [-0.2, 0) is 28.9 Å². The number of anilines is 2. The van der Waals surface area contributed by atoms with Crippen molar-refractivity contribution < 1.29 is 24.2 Å². The van der Waals surface area contributed by atoms with Gasteiger partial charge >= 0.3 is 0 Å². The lowest BCUT2D eigenvalue weighted by Gasteiger charge is -2.36. The first-order chi connectivity index (χ1) is 25.3. The minimum atomic E-state index is -0.430. The molecule has 13 heteroatoms. The van der Waals surface area contributed by atoms with Crippen LogP contribution in [0.2, 0.25) is 0 Å². The highest BCUT2D eigenvalue weighted by atomic mass is 32.1. The Kier molecular flexibility index (Phi) is 12.4. The van der Waals surface area contributed by atoms with Crippen molar-refractivity contribution >= 4 is 39.9 Å². The summed E-state index contributed by atoms with van der Waals surface area (Å²) in [5.74, 6) is -0.690. The van der Waals surface area contributed by atoms with Gasteiger partial charge in [0.2, 0.25) is 5.91 Å². The average molecular weight is 728 g/mol. The molecule has 0 saturated carbocycles. The number of unbranched alkanes of at least 4 members (excludes halogenated alkanes) is 2. The number of rotatable bonds is 14. The third kappa shape index (κ3) is 8.54. The van der Waals surface area contributed by atoms with E-state index in [-0.39, 0.29) is 30.7 Å². The van der Waals surface area contributed by atoms with Crippen LogP contribution in [0.25, 0.3) is 5.69 Å². The molecule has 12 nitrogen and oxygen atoms in total. The summed E-state index contributed by atoms with van der Waals surface area (Å²) in [6.07, 6.45) is 4.37. The molecule has 4 aromatic rings. The molecule has 0 radical (unpaired) electrons. The molecular formula is C39H49N7O5S. The van der Waals surface area contributed by atoms with Gasteiger partial charge in [0.25, 0.3) is 11.8 Å². The number of fused-ring (bicyclic) bond motifs is 1. The van der Waals surface area contributed by atoms with Gasteiger partial charge in [0, 0.05) is 49.5 Å². The number of hydrogen-bond donors (Lipinski definition) is 2. The van der Waals surface area contributed by atoms with E-state index >= 15 is 0 Å². The van der Waals surface area contributed by atoms with E-state index in [4.69, 9.17) is 9.84 Å². The third-order valence-corrected chi connectivity index (χ3v) is 10.6. The summed E-state index contributed by atoms with van der Waals surface area (Å²) in [4.78, 5) is 52.1. The predicted molar refractivity (Wildman–Crippen MR) is 202 cm³/mol. The maximum Gasteiger partial charge on any atom is 0.274 e. The summed E-state index contributed by atoms with van der Waals surface area (Å²) in [6.45, 7) is 10.4. The number of carbonyl (C=O) groups is 3. The molecule has 2 aromatic carbocycles. The second-order valence-corrected chi connectivity index (χ2v) is 14.3. The Labute approximate surface area is 309 Å². The van der Waals surface area contributed by atoms with E-state index in [0.717, 1.165) is 55.0 Å². The van der Waals surface area contributed by atoms with Crippen LogP contribution in [0.15, 0.2) is 53.9 Å². The number of benzene rings is 2. The number of carbonyl (C=O) groups excluding carboxylic acids is 3. The molecule has 2 aromatic heterocycles. The fourth-order valence-corrected chi connectivity index (χ4v) is 7.64. The third-order valence-electron chi connectivity index (χ3n) is 9.69. The molecule has 0 aliphatic carbocycles. The lowest BCUT2D eigenvalue weighted by atomic mass is 9.93. The first-order valence-corrected chi connectivity index (χ1v) is 19.2. The van der Waals surface area contributed by atoms with Crippen LogP contribution >= 0.6 is 11.3 Å². The van der Waals surface area contributed by atoms with Crippen LogP contribution in [0.3, 0.4) is 0 Å². The number of nitrogens with one attached hydrogen (secondary N) is 1. The molecule has 1 fully saturated rings. The monoisotopic (exact) mass is 727 g/mol. The van der Waals surface area contributed by atoms with E-state index in [9.17, 15) is 19.5 Å². The van der Waals surface area contributed by atoms with Crippen LogP contribution in [0.5, 0.6) is 0 Å². The Bertz CT molecular complexity index is 1860. The number of aliphatic hydroxyl groups excluding tert-OH is 1. The zero-order valence-corrected chi connectivity index (χ0v) is 31.2. The molecule has 1 atom stereocenters. The second-order valence-electron chi connectivity index (χ2n) is 13.5. The second kappa shape index (κ2) is 17.3. The summed E-state index contributed by atoms with van der Waals surface area (Å²) in [7, 11) is 0. The van der Waals surface area contributed by atoms with Crippen molar-refractivity contribution in [1.29, 1.82) is 0 Å². The van der Waals surface area contributed by atoms with Crippen molar-refractivity contribution in [3.63, 3.8) is 0 Å². The molecule has 0 unspecified atom stereocenters. The largest absolute Gasteiger partial charge is 0.394 e. The molecule has 52 heavy (non-hydrogen) atoms. The number of morpholine rings is 1. The standard InChI is InChI=1S/C39H49N7O5S/c1-4-6-14-43(15-7-5-2)38(50)34-20-27(3)46(42-34)35-13-12-30(40-36(48)23-31-26-52-39(41-31)44-16-18-51-19-17-44)22-33(35)37(49)45-24-29-11-9-8-10-28(29)21-32(45)25-47/h8-13,20,22,26,32,47H,4-7,14-19,21,23-25H2,1-3H3,(H,40,48)/t32-/m0/s1. The van der Waals surface area contributed by atoms with Crippen molar-refractivity contribution in [3.05, 3.63) is 87.7 Å². The molecule has 0 bridgehead atoms. The van der Waals surface area contributed by atoms with Gasteiger partial charge in [-0.05, 0) is 61.6 Å². The molecule has 1 saturated heterocycles. The van der Waals surface area contributed by atoms with Crippen molar-refractivity contribution in [2.45, 2.75) is 71.9 Å². The fourth-order valence-electron chi connectivity index (χ4n) is 6.76. The van der Waals surface area contributed by atoms with Crippen LogP contribution in [-0.4, -0.2) is 99.4 Å². The van der Waals surface area contributed by atoms with E-state index in [1.165, 1.54) is 11.3 Å². The van der Waals surface area contributed by atoms with E-state index in [0.29, 0.717) is 73.3 Å². The van der Waals surface area contributed by atoms with Gasteiger partial charge in [-0.15, -0.1) is 11.3 Å². The molecule has 2 aliphatic rings. The minimum Gasteiger partial charge on any atom is -0.394 e. The van der Waals surface area contributed by atoms with Crippen LogP contribution < -0.4 is 10.2 Å². The van der Waals surface area contributed by atoms with Gasteiger partial charge < -0.3 is 29.9 Å². The van der Waals surface area contributed by atoms with Crippen molar-refractivity contribution in [2.75, 3.05) is 56.2 Å². The molecule has 4 heterocycles. The zero-order valence-electron chi connectivity index (χ0n) is 30.3. The average Bonchev–Trinajstić information content (AvgIpc) is 3.80. The molecule has 0 spiro atoms. The number of aryl methyl sites for hydroxylation is 1. The van der Waals surface area contributed by atoms with Crippen molar-refractivity contribution in [2.24, 2.45) is 0 Å². The number of hydrogen-bond acceptors (Lipinski definition) is 9. The SMILES string of the molecule is CCCCN(CCCC)C(=O)c1cc(C)n(-c2ccc(NC(=O)Cc3csc(N4CCOCC4)n3)cc2C(=O)N2Cc3ccccc3C[C@H]2CO)n1. The highest BCUT2D eigenvalue weighted by Gasteiger charge is 2.32. The Hall–Kier alpha value is -4.59. The summed E-state index contributed by atoms with van der Waals surface area (Å²) in [5, 5.41) is 20.9. The van der Waals surface area contributed by atoms with E-state index in [1.54, 1.807) is 33.8 Å². The first-order valence-electron chi connectivity index (χ1n) is 18.4. The van der Waals surface area contributed by atoms with Gasteiger partial charge in [-0.2, -0.15) is 5.10 Å². The van der Waals surface area contributed by atoms with Gasteiger partial charge in [0.1, 0.15) is 0 Å². The van der Waals surface area contributed by atoms with Gasteiger partial charge in [-0.25, -0.2) is 9.67 Å². The lowest BCUT2D eigenvalue weighted by Crippen LogP contribution is -2.46. The van der Waals surface area contributed by atoms with Gasteiger partial charge in [-0.1, -0.05) is 51.0 Å². The number of thiazole rings is 1. The van der Waals surface area contributed by atoms with Crippen molar-refractivity contribution in [3.8, 4) is 5.69 Å². The number of ether oxygens (including phenoxy) is 1. The summed E-state index contributed by atoms with van der Waals surface area (Å²) < 4.78 is 7.09. The quantitative estimate of drug-likeness (QED) is 0.180. The Morgan fingerprint density at radius 1 is 1.02 bits per heavy atom. The maximum atomic E-state index is 14.6. The number of aromatic nitrogens is 3. The fraction of sp³-hybridized carbons (Fsp3) is 0.462. The molecular weight excluding hydrogens is 679 g/mol. The Morgan fingerprint density at radius 3 is 2.46 bits per heavy atom. The van der Waals surface area contributed by atoms with E-state index < -0.39 is 6.04 Å². The molecule has 276 valence electrons. The Morgan fingerprint density at radius 2 is 1.75 bits per heavy atom. The number of amides is 3. The topological polar surface area (TPSA) is 133 Å². The van der Waals surface area contributed by atoms with Gasteiger partial charge in [-0.3, -0.25) is 14.4 Å². The maximum absolute atomic E-state index is 14.6. The summed E-state index contributed by atoms with van der Waals surface area (Å²) in [6, 6.07) is 14.5. The lowest BCUT2D eigenvalue weighted by molar-refractivity contribution is -0.115. The number of aliphatic hydroxyl groups is 1. The Balaban J connectivity index is 1.30. The minimum absolute atomic E-state index is 0.0810. The van der Waals surface area contributed by atoms with E-state index in [2.05, 4.69) is 29.0 Å². The van der Waals surface area contributed by atoms with Gasteiger partial charge in [0.05, 0.1) is 49.2 Å². The number of nitrogens with zero attached hydrogens (tertiary/aromatic N) is 6. The molecule has 2 N–H and O–H groups in total. The highest BCUT2D eigenvalue weighted by molar-refractivity contribution is 7.13. The molecule has 3 amide bonds. The van der Waals surface area contributed by atoms with Crippen LogP contribution in [0.4, 0.5) is 10.8 Å². The van der Waals surface area contributed by atoms with Gasteiger partial charge in [0.15, 0.2) is 10.8 Å². The highest BCUT2D eigenvalue weighted by Crippen LogP contribution is 2.29. The molecule has 2 aliphatic heterocycles. The zero-order chi connectivity index (χ0) is 36.6.